The molecule has 0 saturated carbocycles. The first kappa shape index (κ1) is 12.6. The van der Waals surface area contributed by atoms with Gasteiger partial charge in [-0.25, -0.2) is 5.43 Å². The van der Waals surface area contributed by atoms with Gasteiger partial charge in [0, 0.05) is 5.02 Å². The standard InChI is InChI=1S/C14H19ClN2/c15-13-10-6-5-9-12(13)14(17-16)11-7-3-1-2-4-8-11/h5-7,9-10,14,17H,1-4,8,16H2. The number of nitrogens with two attached hydrogens (primary N) is 1. The Morgan fingerprint density at radius 3 is 2.76 bits per heavy atom. The molecule has 3 heteroatoms. The van der Waals surface area contributed by atoms with Crippen LogP contribution < -0.4 is 11.3 Å². The van der Waals surface area contributed by atoms with Gasteiger partial charge in [-0.15, -0.1) is 0 Å². The lowest BCUT2D eigenvalue weighted by molar-refractivity contribution is 0.593. The summed E-state index contributed by atoms with van der Waals surface area (Å²) in [5.74, 6) is 5.71. The van der Waals surface area contributed by atoms with Crippen LogP contribution in [0.5, 0.6) is 0 Å². The summed E-state index contributed by atoms with van der Waals surface area (Å²) in [4.78, 5) is 0. The summed E-state index contributed by atoms with van der Waals surface area (Å²) in [6, 6.07) is 7.96. The predicted molar refractivity (Wildman–Crippen MR) is 72.7 cm³/mol. The predicted octanol–water partition coefficient (Wildman–Crippen LogP) is 3.73. The molecule has 0 bridgehead atoms. The first-order valence-corrected chi connectivity index (χ1v) is 6.60. The van der Waals surface area contributed by atoms with Crippen molar-refractivity contribution in [3.8, 4) is 0 Å². The number of hydrazine groups is 1. The normalized spacial score (nSPS) is 18.4. The van der Waals surface area contributed by atoms with Gasteiger partial charge in [0.1, 0.15) is 0 Å². The summed E-state index contributed by atoms with van der Waals surface area (Å²) in [6.45, 7) is 0. The third-order valence-electron chi connectivity index (χ3n) is 3.33. The Labute approximate surface area is 108 Å². The Morgan fingerprint density at radius 1 is 1.18 bits per heavy atom. The molecule has 1 unspecified atom stereocenters. The van der Waals surface area contributed by atoms with E-state index >= 15 is 0 Å². The van der Waals surface area contributed by atoms with Crippen LogP contribution in [0.15, 0.2) is 35.9 Å². The molecule has 0 radical (unpaired) electrons. The van der Waals surface area contributed by atoms with Crippen molar-refractivity contribution >= 4 is 11.6 Å². The molecular formula is C14H19ClN2. The van der Waals surface area contributed by atoms with Crippen LogP contribution in [-0.4, -0.2) is 0 Å². The zero-order chi connectivity index (χ0) is 12.1. The monoisotopic (exact) mass is 250 g/mol. The zero-order valence-electron chi connectivity index (χ0n) is 9.95. The maximum atomic E-state index is 6.23. The second-order valence-electron chi connectivity index (χ2n) is 4.50. The minimum atomic E-state index is 0.0572. The van der Waals surface area contributed by atoms with Crippen LogP contribution in [0.3, 0.4) is 0 Å². The van der Waals surface area contributed by atoms with E-state index in [1.54, 1.807) is 0 Å². The maximum Gasteiger partial charge on any atom is 0.0684 e. The van der Waals surface area contributed by atoms with E-state index in [2.05, 4.69) is 11.5 Å². The molecule has 0 heterocycles. The summed E-state index contributed by atoms with van der Waals surface area (Å²) in [5.41, 5.74) is 5.35. The molecule has 1 aliphatic rings. The Balaban J connectivity index is 2.26. The molecular weight excluding hydrogens is 232 g/mol. The summed E-state index contributed by atoms with van der Waals surface area (Å²) < 4.78 is 0. The van der Waals surface area contributed by atoms with Crippen molar-refractivity contribution in [3.63, 3.8) is 0 Å². The Kier molecular flexibility index (Phi) is 4.60. The van der Waals surface area contributed by atoms with Crippen LogP contribution >= 0.6 is 11.6 Å². The lowest BCUT2D eigenvalue weighted by atomic mass is 9.95. The molecule has 2 rings (SSSR count). The van der Waals surface area contributed by atoms with Crippen LogP contribution in [-0.2, 0) is 0 Å². The summed E-state index contributed by atoms with van der Waals surface area (Å²) in [6.07, 6.45) is 8.41. The SMILES string of the molecule is NNC(C1=CCCCCC1)c1ccccc1Cl. The van der Waals surface area contributed by atoms with Crippen LogP contribution in [0.1, 0.15) is 43.7 Å². The minimum Gasteiger partial charge on any atom is -0.271 e. The van der Waals surface area contributed by atoms with Gasteiger partial charge in [0.2, 0.25) is 0 Å². The van der Waals surface area contributed by atoms with Crippen molar-refractivity contribution in [1.82, 2.24) is 5.43 Å². The van der Waals surface area contributed by atoms with Crippen molar-refractivity contribution in [2.75, 3.05) is 0 Å². The van der Waals surface area contributed by atoms with Gasteiger partial charge in [-0.2, -0.15) is 0 Å². The highest BCUT2D eigenvalue weighted by Gasteiger charge is 2.18. The Morgan fingerprint density at radius 2 is 2.00 bits per heavy atom. The second kappa shape index (κ2) is 6.20. The number of halogens is 1. The molecule has 0 fully saturated rings. The molecule has 3 N–H and O–H groups in total. The van der Waals surface area contributed by atoms with Gasteiger partial charge in [-0.3, -0.25) is 5.84 Å². The molecule has 0 aliphatic heterocycles. The van der Waals surface area contributed by atoms with Gasteiger partial charge in [0.25, 0.3) is 0 Å². The van der Waals surface area contributed by atoms with E-state index in [1.165, 1.54) is 24.8 Å². The molecule has 1 atom stereocenters. The van der Waals surface area contributed by atoms with E-state index in [9.17, 15) is 0 Å². The number of hydrogen-bond acceptors (Lipinski definition) is 2. The van der Waals surface area contributed by atoms with Crippen molar-refractivity contribution in [2.45, 2.75) is 38.1 Å². The van der Waals surface area contributed by atoms with Crippen molar-refractivity contribution in [2.24, 2.45) is 5.84 Å². The maximum absolute atomic E-state index is 6.23. The smallest absolute Gasteiger partial charge is 0.0684 e. The highest BCUT2D eigenvalue weighted by Crippen LogP contribution is 2.32. The van der Waals surface area contributed by atoms with Gasteiger partial charge >= 0.3 is 0 Å². The third-order valence-corrected chi connectivity index (χ3v) is 3.67. The van der Waals surface area contributed by atoms with Crippen LogP contribution in [0.2, 0.25) is 5.02 Å². The molecule has 1 aromatic rings. The average molecular weight is 251 g/mol. The number of rotatable bonds is 3. The number of allylic oxidation sites excluding steroid dienone is 1. The van der Waals surface area contributed by atoms with Gasteiger partial charge < -0.3 is 0 Å². The van der Waals surface area contributed by atoms with E-state index in [-0.39, 0.29) is 6.04 Å². The van der Waals surface area contributed by atoms with Gasteiger partial charge in [0.15, 0.2) is 0 Å². The van der Waals surface area contributed by atoms with Crippen molar-refractivity contribution in [1.29, 1.82) is 0 Å². The zero-order valence-corrected chi connectivity index (χ0v) is 10.7. The van der Waals surface area contributed by atoms with Crippen LogP contribution in [0.25, 0.3) is 0 Å². The molecule has 92 valence electrons. The highest BCUT2D eigenvalue weighted by molar-refractivity contribution is 6.31. The topological polar surface area (TPSA) is 38.0 Å². The second-order valence-corrected chi connectivity index (χ2v) is 4.91. The van der Waals surface area contributed by atoms with E-state index in [1.807, 2.05) is 24.3 Å². The Bertz CT molecular complexity index is 401. The van der Waals surface area contributed by atoms with E-state index in [4.69, 9.17) is 17.4 Å². The van der Waals surface area contributed by atoms with E-state index < -0.39 is 0 Å². The lowest BCUT2D eigenvalue weighted by Crippen LogP contribution is -2.29. The molecule has 2 nitrogen and oxygen atoms in total. The largest absolute Gasteiger partial charge is 0.271 e. The highest BCUT2D eigenvalue weighted by atomic mass is 35.5. The molecule has 0 aromatic heterocycles. The summed E-state index contributed by atoms with van der Waals surface area (Å²) in [5, 5.41) is 0.778. The summed E-state index contributed by atoms with van der Waals surface area (Å²) >= 11 is 6.23. The number of hydrogen-bond donors (Lipinski definition) is 2. The first-order chi connectivity index (χ1) is 8.33. The molecule has 0 spiro atoms. The van der Waals surface area contributed by atoms with E-state index in [0.717, 1.165) is 23.4 Å². The fourth-order valence-corrected chi connectivity index (χ4v) is 2.65. The third kappa shape index (κ3) is 3.09. The first-order valence-electron chi connectivity index (χ1n) is 6.22. The summed E-state index contributed by atoms with van der Waals surface area (Å²) in [7, 11) is 0. The molecule has 1 aromatic carbocycles. The minimum absolute atomic E-state index is 0.0572. The fraction of sp³-hybridized carbons (Fsp3) is 0.429. The van der Waals surface area contributed by atoms with Crippen LogP contribution in [0, 0.1) is 0 Å². The van der Waals surface area contributed by atoms with Gasteiger partial charge in [-0.1, -0.05) is 47.9 Å². The molecule has 0 amide bonds. The number of nitrogens with one attached hydrogen (secondary N) is 1. The molecule has 1 aliphatic carbocycles. The molecule has 0 saturated heterocycles. The molecule has 17 heavy (non-hydrogen) atoms. The van der Waals surface area contributed by atoms with Crippen molar-refractivity contribution in [3.05, 3.63) is 46.5 Å². The average Bonchev–Trinajstić information content (AvgIpc) is 2.62. The van der Waals surface area contributed by atoms with Gasteiger partial charge in [0.05, 0.1) is 6.04 Å². The van der Waals surface area contributed by atoms with Crippen LogP contribution in [0.4, 0.5) is 0 Å². The Hall–Kier alpha value is -0.830. The quantitative estimate of drug-likeness (QED) is 0.487. The fourth-order valence-electron chi connectivity index (χ4n) is 2.41. The lowest BCUT2D eigenvalue weighted by Gasteiger charge is -2.20. The van der Waals surface area contributed by atoms with E-state index in [0.29, 0.717) is 0 Å². The van der Waals surface area contributed by atoms with Crippen molar-refractivity contribution < 1.29 is 0 Å². The number of benzene rings is 1. The van der Waals surface area contributed by atoms with Gasteiger partial charge in [-0.05, 0) is 37.3 Å².